The average Bonchev–Trinajstić information content (AvgIpc) is 3.38. The third-order valence-corrected chi connectivity index (χ3v) is 5.43. The average molecular weight is 471 g/mol. The highest BCUT2D eigenvalue weighted by Gasteiger charge is 2.41. The smallest absolute Gasteiger partial charge is 0.191 e. The van der Waals surface area contributed by atoms with Gasteiger partial charge in [-0.3, -0.25) is 0 Å². The second-order valence-corrected chi connectivity index (χ2v) is 7.27. The normalized spacial score (nSPS) is 27.5. The van der Waals surface area contributed by atoms with Crippen LogP contribution in [0.5, 0.6) is 0 Å². The summed E-state index contributed by atoms with van der Waals surface area (Å²) in [5.74, 6) is 1.97. The fourth-order valence-electron chi connectivity index (χ4n) is 4.10. The number of guanidine groups is 1. The van der Waals surface area contributed by atoms with E-state index in [0.29, 0.717) is 24.8 Å². The van der Waals surface area contributed by atoms with E-state index in [0.717, 1.165) is 43.4 Å². The summed E-state index contributed by atoms with van der Waals surface area (Å²) < 4.78 is 5.93. The lowest BCUT2D eigenvalue weighted by Gasteiger charge is -2.22. The Morgan fingerprint density at radius 3 is 2.77 bits per heavy atom. The monoisotopic (exact) mass is 471 g/mol. The highest BCUT2D eigenvalue weighted by Crippen LogP contribution is 2.34. The predicted octanol–water partition coefficient (Wildman–Crippen LogP) is 2.67. The molecule has 3 aliphatic heterocycles. The van der Waals surface area contributed by atoms with Crippen LogP contribution < -0.4 is 15.5 Å². The minimum atomic E-state index is 0. The van der Waals surface area contributed by atoms with Crippen molar-refractivity contribution >= 4 is 35.8 Å². The molecule has 1 aromatic rings. The van der Waals surface area contributed by atoms with Gasteiger partial charge in [-0.1, -0.05) is 6.07 Å². The summed E-state index contributed by atoms with van der Waals surface area (Å²) in [6.45, 7) is 5.86. The zero-order valence-corrected chi connectivity index (χ0v) is 17.8. The lowest BCUT2D eigenvalue weighted by molar-refractivity contribution is 0.0992. The molecule has 3 fully saturated rings. The van der Waals surface area contributed by atoms with Crippen LogP contribution in [-0.2, 0) is 11.3 Å². The zero-order chi connectivity index (χ0) is 17.1. The number of nitrogens with one attached hydrogen (secondary N) is 2. The van der Waals surface area contributed by atoms with E-state index in [2.05, 4.69) is 39.6 Å². The van der Waals surface area contributed by atoms with Crippen LogP contribution >= 0.6 is 24.0 Å². The molecule has 2 N–H and O–H groups in total. The molecule has 7 heteroatoms. The minimum Gasteiger partial charge on any atom is -0.373 e. The lowest BCUT2D eigenvalue weighted by atomic mass is 9.96. The Morgan fingerprint density at radius 1 is 1.31 bits per heavy atom. The molecule has 6 nitrogen and oxygen atoms in total. The van der Waals surface area contributed by atoms with Crippen LogP contribution in [0.15, 0.2) is 23.3 Å². The van der Waals surface area contributed by atoms with E-state index in [1.165, 1.54) is 25.7 Å². The third kappa shape index (κ3) is 4.60. The van der Waals surface area contributed by atoms with Crippen LogP contribution in [0.3, 0.4) is 0 Å². The molecule has 3 unspecified atom stereocenters. The summed E-state index contributed by atoms with van der Waals surface area (Å²) in [5.41, 5.74) is 1.14. The second-order valence-electron chi connectivity index (χ2n) is 7.27. The predicted molar refractivity (Wildman–Crippen MR) is 115 cm³/mol. The van der Waals surface area contributed by atoms with Gasteiger partial charge >= 0.3 is 0 Å². The lowest BCUT2D eigenvalue weighted by Crippen LogP contribution is -2.47. The molecular weight excluding hydrogens is 441 g/mol. The van der Waals surface area contributed by atoms with Crippen LogP contribution in [0, 0.1) is 0 Å². The maximum atomic E-state index is 5.93. The maximum absolute atomic E-state index is 5.93. The van der Waals surface area contributed by atoms with Crippen molar-refractivity contribution in [1.29, 1.82) is 0 Å². The second kappa shape index (κ2) is 9.21. The molecule has 0 amide bonds. The molecular formula is C19H30IN5O. The summed E-state index contributed by atoms with van der Waals surface area (Å²) in [4.78, 5) is 11.7. The molecule has 2 bridgehead atoms. The van der Waals surface area contributed by atoms with Gasteiger partial charge in [0, 0.05) is 25.8 Å². The first kappa shape index (κ1) is 19.7. The Balaban J connectivity index is 0.00000196. The Kier molecular flexibility index (Phi) is 6.97. The molecule has 0 spiro atoms. The molecule has 0 radical (unpaired) electrons. The van der Waals surface area contributed by atoms with Crippen molar-refractivity contribution < 1.29 is 4.74 Å². The van der Waals surface area contributed by atoms with Crippen molar-refractivity contribution in [3.63, 3.8) is 0 Å². The molecule has 0 saturated carbocycles. The van der Waals surface area contributed by atoms with E-state index < -0.39 is 0 Å². The van der Waals surface area contributed by atoms with Gasteiger partial charge in [-0.2, -0.15) is 0 Å². The Labute approximate surface area is 173 Å². The first-order valence-electron chi connectivity index (χ1n) is 9.72. The number of pyridine rings is 1. The van der Waals surface area contributed by atoms with Gasteiger partial charge in [-0.05, 0) is 50.7 Å². The molecule has 0 aliphatic carbocycles. The number of fused-ring (bicyclic) bond motifs is 2. The number of nitrogens with zero attached hydrogens (tertiary/aromatic N) is 3. The topological polar surface area (TPSA) is 61.8 Å². The van der Waals surface area contributed by atoms with E-state index in [-0.39, 0.29) is 24.0 Å². The standard InChI is InChI=1S/C19H29N5O.HI/c1-2-20-19(23-16-11-15-6-7-17(16)25-15)22-13-14-5-8-18(21-12-14)24-9-3-4-10-24;/h5,8,12,15-17H,2-4,6-7,9-11,13H2,1H3,(H2,20,22,23);1H. The van der Waals surface area contributed by atoms with E-state index in [1.807, 2.05) is 6.20 Å². The maximum Gasteiger partial charge on any atom is 0.191 e. The number of aromatic nitrogens is 1. The number of hydrogen-bond acceptors (Lipinski definition) is 4. The Morgan fingerprint density at radius 2 is 2.15 bits per heavy atom. The summed E-state index contributed by atoms with van der Waals surface area (Å²) in [6, 6.07) is 4.67. The largest absolute Gasteiger partial charge is 0.373 e. The third-order valence-electron chi connectivity index (χ3n) is 5.43. The molecule has 3 aliphatic rings. The van der Waals surface area contributed by atoms with Crippen LogP contribution in [0.4, 0.5) is 5.82 Å². The van der Waals surface area contributed by atoms with Crippen molar-refractivity contribution in [2.24, 2.45) is 4.99 Å². The quantitative estimate of drug-likeness (QED) is 0.393. The van der Waals surface area contributed by atoms with Gasteiger partial charge in [-0.15, -0.1) is 24.0 Å². The van der Waals surface area contributed by atoms with Crippen molar-refractivity contribution in [1.82, 2.24) is 15.6 Å². The summed E-state index contributed by atoms with van der Waals surface area (Å²) >= 11 is 0. The summed E-state index contributed by atoms with van der Waals surface area (Å²) in [6.07, 6.45) is 8.80. The van der Waals surface area contributed by atoms with E-state index in [1.54, 1.807) is 0 Å². The number of ether oxygens (including phenoxy) is 1. The van der Waals surface area contributed by atoms with E-state index in [4.69, 9.17) is 9.73 Å². The van der Waals surface area contributed by atoms with E-state index in [9.17, 15) is 0 Å². The van der Waals surface area contributed by atoms with Crippen molar-refractivity contribution in [3.8, 4) is 0 Å². The summed E-state index contributed by atoms with van der Waals surface area (Å²) in [7, 11) is 0. The van der Waals surface area contributed by atoms with E-state index >= 15 is 0 Å². The van der Waals surface area contributed by atoms with Gasteiger partial charge in [0.2, 0.25) is 0 Å². The number of aliphatic imine (C=N–C) groups is 1. The van der Waals surface area contributed by atoms with Crippen LogP contribution in [0.25, 0.3) is 0 Å². The van der Waals surface area contributed by atoms with Gasteiger partial charge in [0.15, 0.2) is 5.96 Å². The summed E-state index contributed by atoms with van der Waals surface area (Å²) in [5, 5.41) is 6.91. The van der Waals surface area contributed by atoms with Gasteiger partial charge < -0.3 is 20.3 Å². The Bertz CT molecular complexity index is 602. The van der Waals surface area contributed by atoms with Gasteiger partial charge in [-0.25, -0.2) is 9.98 Å². The molecule has 1 aromatic heterocycles. The fraction of sp³-hybridized carbons (Fsp3) is 0.684. The molecule has 4 rings (SSSR count). The van der Waals surface area contributed by atoms with Crippen LogP contribution in [0.2, 0.25) is 0 Å². The number of rotatable bonds is 5. The highest BCUT2D eigenvalue weighted by molar-refractivity contribution is 14.0. The van der Waals surface area contributed by atoms with Crippen molar-refractivity contribution in [2.75, 3.05) is 24.5 Å². The van der Waals surface area contributed by atoms with Crippen LogP contribution in [-0.4, -0.2) is 48.8 Å². The molecule has 3 saturated heterocycles. The van der Waals surface area contributed by atoms with Gasteiger partial charge in [0.05, 0.1) is 24.8 Å². The number of hydrogen-bond donors (Lipinski definition) is 2. The highest BCUT2D eigenvalue weighted by atomic mass is 127. The van der Waals surface area contributed by atoms with Crippen molar-refractivity contribution in [2.45, 2.75) is 63.8 Å². The van der Waals surface area contributed by atoms with Crippen LogP contribution in [0.1, 0.15) is 44.6 Å². The first-order chi connectivity index (χ1) is 12.3. The first-order valence-corrected chi connectivity index (χ1v) is 9.72. The molecule has 0 aromatic carbocycles. The minimum absolute atomic E-state index is 0. The number of halogens is 1. The number of anilines is 1. The zero-order valence-electron chi connectivity index (χ0n) is 15.5. The van der Waals surface area contributed by atoms with Gasteiger partial charge in [0.25, 0.3) is 0 Å². The fourth-order valence-corrected chi connectivity index (χ4v) is 4.10. The molecule has 4 heterocycles. The molecule has 144 valence electrons. The van der Waals surface area contributed by atoms with Gasteiger partial charge in [0.1, 0.15) is 5.82 Å². The SMILES string of the molecule is CCNC(=NCc1ccc(N2CCCC2)nc1)NC1CC2CCC1O2.I. The van der Waals surface area contributed by atoms with Crippen molar-refractivity contribution in [3.05, 3.63) is 23.9 Å². The Hall–Kier alpha value is -1.09. The molecule has 3 atom stereocenters. The molecule has 26 heavy (non-hydrogen) atoms.